The summed E-state index contributed by atoms with van der Waals surface area (Å²) in [6, 6.07) is 19.8. The molecule has 3 aromatic carbocycles. The first-order chi connectivity index (χ1) is 19.8. The van der Waals surface area contributed by atoms with Crippen molar-refractivity contribution in [1.82, 2.24) is 20.2 Å². The van der Waals surface area contributed by atoms with Gasteiger partial charge in [-0.2, -0.15) is 0 Å². The van der Waals surface area contributed by atoms with Crippen molar-refractivity contribution in [3.63, 3.8) is 0 Å². The molecule has 212 valence electrons. The maximum absolute atomic E-state index is 13.9. The number of urea groups is 1. The Morgan fingerprint density at radius 2 is 1.76 bits per heavy atom. The minimum Gasteiger partial charge on any atom is -0.486 e. The highest BCUT2D eigenvalue weighted by Crippen LogP contribution is 2.40. The zero-order valence-corrected chi connectivity index (χ0v) is 24.9. The van der Waals surface area contributed by atoms with Crippen molar-refractivity contribution in [2.45, 2.75) is 31.0 Å². The molecule has 5 rings (SSSR count). The predicted octanol–water partition coefficient (Wildman–Crippen LogP) is 5.20. The molecule has 41 heavy (non-hydrogen) atoms. The Balaban J connectivity index is 1.48. The fraction of sp³-hybridized carbons (Fsp3) is 0.233. The molecule has 1 aliphatic rings. The molecular formula is C30H28ClIN4O5. The number of halogens is 2. The minimum atomic E-state index is -0.909. The Labute approximate surface area is 255 Å². The van der Waals surface area contributed by atoms with E-state index in [0.717, 1.165) is 14.7 Å². The number of ether oxygens (including phenoxy) is 1. The Morgan fingerprint density at radius 1 is 1.05 bits per heavy atom. The molecular weight excluding hydrogens is 659 g/mol. The highest BCUT2D eigenvalue weighted by molar-refractivity contribution is 14.1. The van der Waals surface area contributed by atoms with Gasteiger partial charge in [0.15, 0.2) is 0 Å². The molecule has 1 aliphatic heterocycles. The molecule has 0 aliphatic carbocycles. The van der Waals surface area contributed by atoms with Crippen molar-refractivity contribution in [1.29, 1.82) is 0 Å². The second kappa shape index (κ2) is 12.6. The van der Waals surface area contributed by atoms with E-state index in [0.29, 0.717) is 27.9 Å². The van der Waals surface area contributed by atoms with Crippen molar-refractivity contribution in [2.75, 3.05) is 13.2 Å². The smallest absolute Gasteiger partial charge is 0.325 e. The summed E-state index contributed by atoms with van der Waals surface area (Å²) in [7, 11) is 0. The van der Waals surface area contributed by atoms with E-state index in [2.05, 4.69) is 37.9 Å². The first kappa shape index (κ1) is 29.1. The number of hydrogen-bond donors (Lipinski definition) is 4. The Kier molecular flexibility index (Phi) is 8.93. The van der Waals surface area contributed by atoms with E-state index in [1.54, 1.807) is 30.5 Å². The summed E-state index contributed by atoms with van der Waals surface area (Å²) in [4.78, 5) is 36.5. The first-order valence-corrected chi connectivity index (χ1v) is 14.4. The first-order valence-electron chi connectivity index (χ1n) is 13.0. The van der Waals surface area contributed by atoms with E-state index in [-0.39, 0.29) is 19.1 Å². The van der Waals surface area contributed by atoms with Gasteiger partial charge in [0.25, 0.3) is 5.91 Å². The number of aromatic nitrogens is 2. The van der Waals surface area contributed by atoms with Crippen LogP contribution in [0.3, 0.4) is 0 Å². The van der Waals surface area contributed by atoms with Gasteiger partial charge in [0, 0.05) is 15.1 Å². The zero-order chi connectivity index (χ0) is 29.1. The lowest BCUT2D eigenvalue weighted by Crippen LogP contribution is -2.38. The molecule has 0 unspecified atom stereocenters. The van der Waals surface area contributed by atoms with Gasteiger partial charge in [-0.15, -0.1) is 0 Å². The van der Waals surface area contributed by atoms with Crippen LogP contribution in [0.1, 0.15) is 41.9 Å². The number of nitrogens with zero attached hydrogens (tertiary/aromatic N) is 2. The van der Waals surface area contributed by atoms with Crippen LogP contribution in [0.5, 0.6) is 5.75 Å². The number of amides is 3. The van der Waals surface area contributed by atoms with E-state index in [1.807, 2.05) is 55.5 Å². The third-order valence-corrected chi connectivity index (χ3v) is 8.05. The Morgan fingerprint density at radius 3 is 2.41 bits per heavy atom. The molecule has 0 bridgehead atoms. The van der Waals surface area contributed by atoms with Crippen LogP contribution in [0.2, 0.25) is 5.02 Å². The zero-order valence-electron chi connectivity index (χ0n) is 22.0. The quantitative estimate of drug-likeness (QED) is 0.134. The fourth-order valence-electron chi connectivity index (χ4n) is 4.90. The van der Waals surface area contributed by atoms with Crippen LogP contribution in [-0.4, -0.2) is 56.3 Å². The van der Waals surface area contributed by atoms with E-state index in [1.165, 1.54) is 4.90 Å². The topological polar surface area (TPSA) is 128 Å². The van der Waals surface area contributed by atoms with Gasteiger partial charge in [-0.05, 0) is 58.0 Å². The fourth-order valence-corrected chi connectivity index (χ4v) is 5.86. The van der Waals surface area contributed by atoms with Crippen LogP contribution < -0.4 is 10.1 Å². The van der Waals surface area contributed by atoms with Gasteiger partial charge in [0.1, 0.15) is 29.8 Å². The molecule has 2 heterocycles. The largest absolute Gasteiger partial charge is 0.486 e. The van der Waals surface area contributed by atoms with Crippen molar-refractivity contribution in [2.24, 2.45) is 0 Å². The van der Waals surface area contributed by atoms with Crippen LogP contribution in [-0.2, 0) is 4.79 Å². The molecule has 4 N–H and O–H groups in total. The SMILES string of the molecule is C[C@H](c1ccccc1)[C@@H](c1ncc(-c2ccc(I)cc2Cl)[nH]1)N1C(=O)N[C@H](c2ccc(OC(CO)CO)cc2)C1=O. The number of hydrogen-bond acceptors (Lipinski definition) is 6. The van der Waals surface area contributed by atoms with Crippen LogP contribution in [0.4, 0.5) is 4.79 Å². The van der Waals surface area contributed by atoms with Crippen molar-refractivity contribution in [3.05, 3.63) is 105 Å². The maximum atomic E-state index is 13.9. The number of imidazole rings is 1. The Bertz CT molecular complexity index is 1530. The molecule has 0 spiro atoms. The van der Waals surface area contributed by atoms with E-state index in [9.17, 15) is 19.8 Å². The summed E-state index contributed by atoms with van der Waals surface area (Å²) in [6.45, 7) is 1.28. The number of aliphatic hydroxyl groups excluding tert-OH is 2. The van der Waals surface area contributed by atoms with Gasteiger partial charge in [-0.1, -0.05) is 67.1 Å². The van der Waals surface area contributed by atoms with E-state index >= 15 is 0 Å². The molecule has 1 aromatic heterocycles. The molecule has 9 nitrogen and oxygen atoms in total. The van der Waals surface area contributed by atoms with Crippen LogP contribution in [0.15, 0.2) is 79.0 Å². The second-order valence-electron chi connectivity index (χ2n) is 9.72. The molecule has 3 amide bonds. The Hall–Kier alpha value is -3.45. The van der Waals surface area contributed by atoms with Gasteiger partial charge < -0.3 is 25.3 Å². The number of benzene rings is 3. The number of carbonyl (C=O) groups excluding carboxylic acids is 2. The monoisotopic (exact) mass is 686 g/mol. The van der Waals surface area contributed by atoms with E-state index < -0.39 is 30.1 Å². The average Bonchev–Trinajstić information content (AvgIpc) is 3.57. The van der Waals surface area contributed by atoms with Gasteiger partial charge in [0.2, 0.25) is 0 Å². The lowest BCUT2D eigenvalue weighted by Gasteiger charge is -2.29. The van der Waals surface area contributed by atoms with Crippen molar-refractivity contribution in [3.8, 4) is 17.0 Å². The standard InChI is InChI=1S/C30H28ClIN4O5/c1-17(18-5-3-2-4-6-18)27(28-33-14-25(34-28)23-12-9-20(32)13-24(23)31)36-29(39)26(35-30(36)40)19-7-10-21(11-8-19)41-22(15-37)16-38/h2-14,17,22,26-27,37-38H,15-16H2,1H3,(H,33,34)(H,35,40)/t17-,26-,27+/m1/s1. The average molecular weight is 687 g/mol. The lowest BCUT2D eigenvalue weighted by atomic mass is 9.91. The number of aliphatic hydroxyl groups is 2. The molecule has 1 saturated heterocycles. The lowest BCUT2D eigenvalue weighted by molar-refractivity contribution is -0.129. The summed E-state index contributed by atoms with van der Waals surface area (Å²) in [5.41, 5.74) is 2.95. The number of nitrogens with one attached hydrogen (secondary N) is 2. The van der Waals surface area contributed by atoms with Crippen LogP contribution >= 0.6 is 34.2 Å². The number of aromatic amines is 1. The van der Waals surface area contributed by atoms with Gasteiger partial charge in [-0.3, -0.25) is 9.69 Å². The molecule has 4 aromatic rings. The molecule has 11 heteroatoms. The molecule has 0 radical (unpaired) electrons. The number of imide groups is 1. The highest BCUT2D eigenvalue weighted by atomic mass is 127. The minimum absolute atomic E-state index is 0.291. The van der Waals surface area contributed by atoms with Gasteiger partial charge >= 0.3 is 6.03 Å². The van der Waals surface area contributed by atoms with Crippen LogP contribution in [0, 0.1) is 3.57 Å². The third kappa shape index (κ3) is 6.10. The summed E-state index contributed by atoms with van der Waals surface area (Å²) < 4.78 is 6.52. The van der Waals surface area contributed by atoms with Gasteiger partial charge in [0.05, 0.1) is 30.1 Å². The number of H-pyrrole nitrogens is 1. The summed E-state index contributed by atoms with van der Waals surface area (Å²) in [6.07, 6.45) is 0.909. The molecule has 0 saturated carbocycles. The van der Waals surface area contributed by atoms with E-state index in [4.69, 9.17) is 16.3 Å². The number of carbonyl (C=O) groups is 2. The van der Waals surface area contributed by atoms with Crippen LogP contribution in [0.25, 0.3) is 11.3 Å². The maximum Gasteiger partial charge on any atom is 0.325 e. The highest BCUT2D eigenvalue weighted by Gasteiger charge is 2.46. The predicted molar refractivity (Wildman–Crippen MR) is 162 cm³/mol. The van der Waals surface area contributed by atoms with Crippen molar-refractivity contribution >= 4 is 46.1 Å². The third-order valence-electron chi connectivity index (χ3n) is 7.07. The number of rotatable bonds is 10. The molecule has 3 atom stereocenters. The summed E-state index contributed by atoms with van der Waals surface area (Å²) in [5, 5.41) is 21.9. The van der Waals surface area contributed by atoms with Gasteiger partial charge in [-0.25, -0.2) is 9.78 Å². The summed E-state index contributed by atoms with van der Waals surface area (Å²) in [5.74, 6) is 0.173. The second-order valence-corrected chi connectivity index (χ2v) is 11.4. The van der Waals surface area contributed by atoms with Crippen molar-refractivity contribution < 1.29 is 24.5 Å². The summed E-state index contributed by atoms with van der Waals surface area (Å²) >= 11 is 8.71. The normalized spacial score (nSPS) is 16.6. The molecule has 1 fully saturated rings.